The van der Waals surface area contributed by atoms with Gasteiger partial charge in [0, 0.05) is 105 Å². The summed E-state index contributed by atoms with van der Waals surface area (Å²) in [6, 6.07) is 4.70. The highest BCUT2D eigenvalue weighted by molar-refractivity contribution is 7.16. The predicted molar refractivity (Wildman–Crippen MR) is 278 cm³/mol. The van der Waals surface area contributed by atoms with Gasteiger partial charge in [0.05, 0.1) is 36.6 Å². The van der Waals surface area contributed by atoms with Crippen LogP contribution < -0.4 is 21.3 Å². The van der Waals surface area contributed by atoms with E-state index >= 15 is 0 Å². The zero-order valence-corrected chi connectivity index (χ0v) is 45.1. The van der Waals surface area contributed by atoms with Gasteiger partial charge in [0.2, 0.25) is 29.5 Å². The summed E-state index contributed by atoms with van der Waals surface area (Å²) in [7, 11) is 11.3. The summed E-state index contributed by atoms with van der Waals surface area (Å²) >= 11 is 0. The lowest BCUT2D eigenvalue weighted by molar-refractivity contribution is -0.146. The number of unbranched alkanes of at least 4 members (excludes halogenated alkanes) is 2. The SMILES string of the molecule is CC[C@H](C)[C@@H]([C@@H](CC(=O)N1CCC[C@H]1[C@H](OC)[C@@H](C)C(=O)N[C@@H](CP)C(=O)Nc1ccc(CNC(=O)CCCCCN2C(=O)C=CC2=O)cc1)OC)N(C)C(=O)[C@@H](/N=C(\N(C)C)N1CCNCC1)C(C)C. The Morgan fingerprint density at radius 3 is 2.14 bits per heavy atom. The number of ether oxygens (including phenoxy) is 2. The minimum Gasteiger partial charge on any atom is -0.379 e. The molecule has 7 amide bonds. The molecule has 0 bridgehead atoms. The molecule has 0 saturated carbocycles. The average molecular weight is 1010 g/mol. The Hall–Kier alpha value is -4.97. The van der Waals surface area contributed by atoms with E-state index < -0.39 is 48.2 Å². The number of anilines is 1. The average Bonchev–Trinajstić information content (AvgIpc) is 3.97. The second kappa shape index (κ2) is 28.9. The molecule has 19 nitrogen and oxygen atoms in total. The third-order valence-electron chi connectivity index (χ3n) is 14.0. The maximum Gasteiger partial charge on any atom is 0.253 e. The van der Waals surface area contributed by atoms with E-state index in [1.165, 1.54) is 24.2 Å². The van der Waals surface area contributed by atoms with Crippen molar-refractivity contribution in [2.75, 3.05) is 86.1 Å². The van der Waals surface area contributed by atoms with Gasteiger partial charge < -0.3 is 50.3 Å². The molecular formula is C51H83N10O9P. The lowest BCUT2D eigenvalue weighted by Crippen LogP contribution is -2.56. The number of imide groups is 1. The number of carbonyl (C=O) groups is 7. The van der Waals surface area contributed by atoms with Crippen LogP contribution in [-0.4, -0.2) is 189 Å². The van der Waals surface area contributed by atoms with Crippen molar-refractivity contribution in [1.29, 1.82) is 0 Å². The van der Waals surface area contributed by atoms with Gasteiger partial charge in [0.1, 0.15) is 12.1 Å². The topological polar surface area (TPSA) is 215 Å². The van der Waals surface area contributed by atoms with Gasteiger partial charge in [-0.05, 0) is 61.4 Å². The standard InChI is InChI=1S/C51H83N10O9P/c1-11-34(4)46(58(8)50(68)45(33(2)3)56-51(57(6)7)59-28-24-52-25-29-59)40(69-9)30-44(65)60-27-15-16-39(60)47(70-10)35(5)48(66)55-38(32-71)49(67)54-37-20-18-36(19-21-37)31-53-41(62)17-13-12-14-26-61-42(63)22-23-43(61)64/h18-23,33-35,38-40,45-47,52H,11-17,24-32,71H2,1-10H3,(H,53,62)(H,54,67)(H,55,66)/b56-51+/t34-,35+,38-,39-,40+,45-,46-,47+/m0/s1. The molecule has 20 heteroatoms. The first-order valence-corrected chi connectivity index (χ1v) is 26.2. The third-order valence-corrected chi connectivity index (χ3v) is 14.4. The molecule has 2 fully saturated rings. The Morgan fingerprint density at radius 1 is 0.901 bits per heavy atom. The largest absolute Gasteiger partial charge is 0.379 e. The van der Waals surface area contributed by atoms with Crippen LogP contribution in [0.15, 0.2) is 41.4 Å². The molecule has 2 saturated heterocycles. The van der Waals surface area contributed by atoms with Crippen molar-refractivity contribution in [3.63, 3.8) is 0 Å². The Bertz CT molecular complexity index is 2000. The van der Waals surface area contributed by atoms with Crippen molar-refractivity contribution in [1.82, 2.24) is 40.4 Å². The quantitative estimate of drug-likeness (QED) is 0.0347. The van der Waals surface area contributed by atoms with Gasteiger partial charge in [-0.25, -0.2) is 4.99 Å². The summed E-state index contributed by atoms with van der Waals surface area (Å²) in [5.74, 6) is -1.84. The van der Waals surface area contributed by atoms with Crippen molar-refractivity contribution < 1.29 is 43.0 Å². The van der Waals surface area contributed by atoms with Crippen LogP contribution in [0.2, 0.25) is 0 Å². The summed E-state index contributed by atoms with van der Waals surface area (Å²) < 4.78 is 12.1. The number of benzene rings is 1. The van der Waals surface area contributed by atoms with Crippen LogP contribution in [0.4, 0.5) is 5.69 Å². The van der Waals surface area contributed by atoms with E-state index in [0.717, 1.165) is 50.5 Å². The second-order valence-corrected chi connectivity index (χ2v) is 20.0. The molecule has 0 radical (unpaired) electrons. The van der Waals surface area contributed by atoms with Crippen LogP contribution in [0.25, 0.3) is 0 Å². The number of nitrogens with one attached hydrogen (secondary N) is 4. The van der Waals surface area contributed by atoms with Crippen LogP contribution >= 0.6 is 9.24 Å². The molecule has 1 aromatic carbocycles. The highest BCUT2D eigenvalue weighted by Gasteiger charge is 2.43. The fourth-order valence-electron chi connectivity index (χ4n) is 9.62. The fourth-order valence-corrected chi connectivity index (χ4v) is 9.95. The van der Waals surface area contributed by atoms with E-state index in [2.05, 4.69) is 49.3 Å². The predicted octanol–water partition coefficient (Wildman–Crippen LogP) is 2.85. The van der Waals surface area contributed by atoms with E-state index in [1.54, 1.807) is 55.1 Å². The van der Waals surface area contributed by atoms with Crippen molar-refractivity contribution in [2.24, 2.45) is 22.7 Å². The minimum atomic E-state index is -0.877. The summed E-state index contributed by atoms with van der Waals surface area (Å²) in [5.41, 5.74) is 1.36. The van der Waals surface area contributed by atoms with Crippen molar-refractivity contribution in [3.8, 4) is 0 Å². The van der Waals surface area contributed by atoms with Gasteiger partial charge >= 0.3 is 0 Å². The molecule has 0 aliphatic carbocycles. The third kappa shape index (κ3) is 16.5. The van der Waals surface area contributed by atoms with Crippen LogP contribution in [0.1, 0.15) is 91.5 Å². The van der Waals surface area contributed by atoms with Crippen molar-refractivity contribution >= 4 is 62.2 Å². The molecule has 1 aromatic rings. The monoisotopic (exact) mass is 1010 g/mol. The molecule has 4 N–H and O–H groups in total. The summed E-state index contributed by atoms with van der Waals surface area (Å²) in [6.07, 6.45) is 5.89. The maximum atomic E-state index is 14.5. The number of nitrogens with zero attached hydrogens (tertiary/aromatic N) is 6. The summed E-state index contributed by atoms with van der Waals surface area (Å²) in [6.45, 7) is 14.3. The molecule has 0 aromatic heterocycles. The van der Waals surface area contributed by atoms with Crippen molar-refractivity contribution in [3.05, 3.63) is 42.0 Å². The molecule has 1 unspecified atom stereocenters. The first-order chi connectivity index (χ1) is 33.9. The van der Waals surface area contributed by atoms with Gasteiger partial charge in [-0.2, -0.15) is 0 Å². The molecule has 3 aliphatic rings. The molecular weight excluding hydrogens is 928 g/mol. The Balaban J connectivity index is 1.32. The zero-order chi connectivity index (χ0) is 52.4. The molecule has 3 heterocycles. The number of likely N-dealkylation sites (tertiary alicyclic amines) is 1. The number of hydrogen-bond donors (Lipinski definition) is 4. The number of hydrogen-bond acceptors (Lipinski definition) is 11. The summed E-state index contributed by atoms with van der Waals surface area (Å²) in [5, 5.41) is 12.0. The molecule has 71 heavy (non-hydrogen) atoms. The highest BCUT2D eigenvalue weighted by Crippen LogP contribution is 2.30. The number of amides is 7. The normalized spacial score (nSPS) is 19.2. The van der Waals surface area contributed by atoms with E-state index in [0.29, 0.717) is 57.4 Å². The first-order valence-electron chi connectivity index (χ1n) is 25.4. The first kappa shape index (κ1) is 58.6. The lowest BCUT2D eigenvalue weighted by Gasteiger charge is -2.40. The van der Waals surface area contributed by atoms with Gasteiger partial charge in [-0.3, -0.25) is 38.5 Å². The van der Waals surface area contributed by atoms with Crippen LogP contribution in [0, 0.1) is 17.8 Å². The number of carbonyl (C=O) groups excluding carboxylic acids is 7. The fraction of sp³-hybridized carbons (Fsp3) is 0.686. The van der Waals surface area contributed by atoms with E-state index in [1.807, 2.05) is 32.8 Å². The Morgan fingerprint density at radius 2 is 1.56 bits per heavy atom. The second-order valence-electron chi connectivity index (χ2n) is 19.6. The Kier molecular flexibility index (Phi) is 23.9. The van der Waals surface area contributed by atoms with Crippen LogP contribution in [-0.2, 0) is 49.6 Å². The van der Waals surface area contributed by atoms with Crippen molar-refractivity contribution in [2.45, 2.75) is 129 Å². The number of aliphatic imine (C=N–C) groups is 1. The number of piperazine rings is 1. The van der Waals surface area contributed by atoms with Crippen LogP contribution in [0.3, 0.4) is 0 Å². The summed E-state index contributed by atoms with van der Waals surface area (Å²) in [4.78, 5) is 106. The van der Waals surface area contributed by atoms with Gasteiger partial charge in [-0.15, -0.1) is 9.24 Å². The molecule has 396 valence electrons. The molecule has 9 atom stereocenters. The van der Waals surface area contributed by atoms with Gasteiger partial charge in [-0.1, -0.05) is 59.6 Å². The zero-order valence-electron chi connectivity index (χ0n) is 43.9. The lowest BCUT2D eigenvalue weighted by atomic mass is 9.89. The Labute approximate surface area is 424 Å². The number of guanidine groups is 1. The highest BCUT2D eigenvalue weighted by atomic mass is 31.0. The van der Waals surface area contributed by atoms with Crippen LogP contribution in [0.5, 0.6) is 0 Å². The minimum absolute atomic E-state index is 0.00666. The van der Waals surface area contributed by atoms with E-state index in [4.69, 9.17) is 14.5 Å². The van der Waals surface area contributed by atoms with Gasteiger partial charge in [0.25, 0.3) is 11.8 Å². The number of rotatable bonds is 26. The smallest absolute Gasteiger partial charge is 0.253 e. The van der Waals surface area contributed by atoms with E-state index in [-0.39, 0.29) is 59.9 Å². The molecule has 0 spiro atoms. The number of methoxy groups -OCH3 is 2. The number of likely N-dealkylation sites (N-methyl/N-ethyl adjacent to an activating group) is 1. The van der Waals surface area contributed by atoms with Gasteiger partial charge in [0.15, 0.2) is 5.96 Å². The van der Waals surface area contributed by atoms with E-state index in [9.17, 15) is 33.6 Å². The molecule has 3 aliphatic heterocycles. The molecule has 4 rings (SSSR count). The maximum absolute atomic E-state index is 14.5.